The van der Waals surface area contributed by atoms with Crippen LogP contribution in [0.1, 0.15) is 13.8 Å². The van der Waals surface area contributed by atoms with E-state index in [1.54, 1.807) is 6.08 Å². The molecule has 0 aliphatic rings. The predicted octanol–water partition coefficient (Wildman–Crippen LogP) is 2.70. The summed E-state index contributed by atoms with van der Waals surface area (Å²) in [6.45, 7) is 7.66. The van der Waals surface area contributed by atoms with Crippen molar-refractivity contribution >= 4 is 0 Å². The maximum absolute atomic E-state index is 5.10. The Morgan fingerprint density at radius 2 is 2.20 bits per heavy atom. The zero-order valence-electron chi connectivity index (χ0n) is 6.52. The summed E-state index contributed by atoms with van der Waals surface area (Å²) in [5.74, 6) is 2.46. The maximum Gasteiger partial charge on any atom is -0.00466 e. The van der Waals surface area contributed by atoms with Gasteiger partial charge in [-0.05, 0) is 25.5 Å². The molecule has 0 N–H and O–H groups in total. The van der Waals surface area contributed by atoms with E-state index in [-0.39, 0.29) is 0 Å². The molecular formula is C10H12. The summed E-state index contributed by atoms with van der Waals surface area (Å²) in [5.41, 5.74) is 2.01. The van der Waals surface area contributed by atoms with E-state index in [9.17, 15) is 0 Å². The first-order valence-corrected chi connectivity index (χ1v) is 3.17. The molecule has 0 saturated heterocycles. The van der Waals surface area contributed by atoms with E-state index in [2.05, 4.69) is 12.5 Å². The van der Waals surface area contributed by atoms with Gasteiger partial charge in [0, 0.05) is 0 Å². The van der Waals surface area contributed by atoms with E-state index >= 15 is 0 Å². The lowest BCUT2D eigenvalue weighted by molar-refractivity contribution is 1.45. The molecule has 0 saturated carbocycles. The number of terminal acetylenes is 1. The molecule has 0 heteroatoms. The SMILES string of the molecule is C#C/C=C(\C=C/C)C(=C)C. The minimum absolute atomic E-state index is 0.996. The summed E-state index contributed by atoms with van der Waals surface area (Å²) >= 11 is 0. The van der Waals surface area contributed by atoms with Crippen LogP contribution in [0, 0.1) is 12.3 Å². The van der Waals surface area contributed by atoms with Crippen LogP contribution in [0.25, 0.3) is 0 Å². The smallest absolute Gasteiger partial charge is 0.00466 e. The van der Waals surface area contributed by atoms with E-state index in [1.807, 2.05) is 26.0 Å². The van der Waals surface area contributed by atoms with Crippen LogP contribution in [0.5, 0.6) is 0 Å². The molecular weight excluding hydrogens is 120 g/mol. The standard InChI is InChI=1S/C10H12/c1-5-7-10(8-6-2)9(3)4/h1,6-8H,3H2,2,4H3/b8-6-,10-7+. The first-order chi connectivity index (χ1) is 4.72. The molecule has 0 aromatic heterocycles. The lowest BCUT2D eigenvalue weighted by atomic mass is 10.1. The van der Waals surface area contributed by atoms with Crippen molar-refractivity contribution < 1.29 is 0 Å². The average Bonchev–Trinajstić information content (AvgIpc) is 1.87. The summed E-state index contributed by atoms with van der Waals surface area (Å²) in [5, 5.41) is 0. The first kappa shape index (κ1) is 8.78. The lowest BCUT2D eigenvalue weighted by Crippen LogP contribution is -1.76. The van der Waals surface area contributed by atoms with Crippen molar-refractivity contribution in [2.24, 2.45) is 0 Å². The van der Waals surface area contributed by atoms with Crippen LogP contribution in [-0.4, -0.2) is 0 Å². The molecule has 0 unspecified atom stereocenters. The van der Waals surface area contributed by atoms with E-state index in [4.69, 9.17) is 6.42 Å². The topological polar surface area (TPSA) is 0 Å². The highest BCUT2D eigenvalue weighted by Gasteiger charge is 1.88. The predicted molar refractivity (Wildman–Crippen MR) is 46.5 cm³/mol. The minimum Gasteiger partial charge on any atom is -0.115 e. The summed E-state index contributed by atoms with van der Waals surface area (Å²) in [4.78, 5) is 0. The van der Waals surface area contributed by atoms with Crippen molar-refractivity contribution in [2.75, 3.05) is 0 Å². The molecule has 0 heterocycles. The molecule has 0 rings (SSSR count). The van der Waals surface area contributed by atoms with Gasteiger partial charge in [-0.15, -0.1) is 6.42 Å². The minimum atomic E-state index is 0.996. The molecule has 0 fully saturated rings. The molecule has 10 heavy (non-hydrogen) atoms. The van der Waals surface area contributed by atoms with Crippen LogP contribution in [0.15, 0.2) is 36.0 Å². The molecule has 0 aromatic carbocycles. The molecule has 52 valence electrons. The number of allylic oxidation sites excluding steroid dienone is 5. The number of rotatable bonds is 2. The normalized spacial score (nSPS) is 11.5. The van der Waals surface area contributed by atoms with E-state index < -0.39 is 0 Å². The Morgan fingerprint density at radius 3 is 2.50 bits per heavy atom. The van der Waals surface area contributed by atoms with Crippen LogP contribution in [0.3, 0.4) is 0 Å². The van der Waals surface area contributed by atoms with Gasteiger partial charge in [0.05, 0.1) is 0 Å². The third-order valence-electron chi connectivity index (χ3n) is 1.08. The monoisotopic (exact) mass is 132 g/mol. The second-order valence-electron chi connectivity index (χ2n) is 2.05. The van der Waals surface area contributed by atoms with Gasteiger partial charge in [0.15, 0.2) is 0 Å². The van der Waals surface area contributed by atoms with Gasteiger partial charge in [-0.2, -0.15) is 0 Å². The van der Waals surface area contributed by atoms with Crippen molar-refractivity contribution in [1.82, 2.24) is 0 Å². The zero-order valence-corrected chi connectivity index (χ0v) is 6.52. The van der Waals surface area contributed by atoms with Crippen molar-refractivity contribution in [3.8, 4) is 12.3 Å². The van der Waals surface area contributed by atoms with E-state index in [1.165, 1.54) is 0 Å². The first-order valence-electron chi connectivity index (χ1n) is 3.17. The Bertz CT molecular complexity index is 209. The molecule has 0 atom stereocenters. The van der Waals surface area contributed by atoms with E-state index in [0.717, 1.165) is 11.1 Å². The molecule has 0 aliphatic carbocycles. The van der Waals surface area contributed by atoms with Crippen LogP contribution in [0.2, 0.25) is 0 Å². The largest absolute Gasteiger partial charge is 0.115 e. The van der Waals surface area contributed by atoms with Gasteiger partial charge in [0.25, 0.3) is 0 Å². The van der Waals surface area contributed by atoms with Crippen molar-refractivity contribution in [2.45, 2.75) is 13.8 Å². The highest BCUT2D eigenvalue weighted by atomic mass is 13.9. The summed E-state index contributed by atoms with van der Waals surface area (Å²) in [6.07, 6.45) is 10.7. The Hall–Kier alpha value is -1.22. The van der Waals surface area contributed by atoms with Crippen molar-refractivity contribution in [3.63, 3.8) is 0 Å². The van der Waals surface area contributed by atoms with Crippen LogP contribution in [-0.2, 0) is 0 Å². The van der Waals surface area contributed by atoms with Gasteiger partial charge < -0.3 is 0 Å². The van der Waals surface area contributed by atoms with Gasteiger partial charge >= 0.3 is 0 Å². The third-order valence-corrected chi connectivity index (χ3v) is 1.08. The summed E-state index contributed by atoms with van der Waals surface area (Å²) in [6, 6.07) is 0. The van der Waals surface area contributed by atoms with Crippen LogP contribution < -0.4 is 0 Å². The average molecular weight is 132 g/mol. The number of hydrogen-bond acceptors (Lipinski definition) is 0. The quantitative estimate of drug-likeness (QED) is 0.400. The van der Waals surface area contributed by atoms with Gasteiger partial charge in [-0.25, -0.2) is 0 Å². The second-order valence-corrected chi connectivity index (χ2v) is 2.05. The molecule has 0 spiro atoms. The van der Waals surface area contributed by atoms with Gasteiger partial charge in [-0.3, -0.25) is 0 Å². The maximum atomic E-state index is 5.10. The lowest BCUT2D eigenvalue weighted by Gasteiger charge is -1.95. The van der Waals surface area contributed by atoms with Crippen molar-refractivity contribution in [1.29, 1.82) is 0 Å². The molecule has 0 bridgehead atoms. The molecule has 0 radical (unpaired) electrons. The Labute approximate surface area is 63.0 Å². The van der Waals surface area contributed by atoms with Crippen LogP contribution >= 0.6 is 0 Å². The zero-order chi connectivity index (χ0) is 7.98. The van der Waals surface area contributed by atoms with E-state index in [0.29, 0.717) is 0 Å². The summed E-state index contributed by atoms with van der Waals surface area (Å²) in [7, 11) is 0. The fraction of sp³-hybridized carbons (Fsp3) is 0.200. The van der Waals surface area contributed by atoms with Gasteiger partial charge in [0.2, 0.25) is 0 Å². The van der Waals surface area contributed by atoms with Crippen molar-refractivity contribution in [3.05, 3.63) is 36.0 Å². The molecule has 0 amide bonds. The molecule has 0 nitrogen and oxygen atoms in total. The number of hydrogen-bond donors (Lipinski definition) is 0. The Kier molecular flexibility index (Phi) is 4.07. The van der Waals surface area contributed by atoms with Gasteiger partial charge in [-0.1, -0.05) is 30.2 Å². The van der Waals surface area contributed by atoms with Gasteiger partial charge in [0.1, 0.15) is 0 Å². The second kappa shape index (κ2) is 4.64. The summed E-state index contributed by atoms with van der Waals surface area (Å²) < 4.78 is 0. The molecule has 0 aromatic rings. The fourth-order valence-corrected chi connectivity index (χ4v) is 0.583. The Morgan fingerprint density at radius 1 is 1.60 bits per heavy atom. The highest BCUT2D eigenvalue weighted by Crippen LogP contribution is 2.06. The fourth-order valence-electron chi connectivity index (χ4n) is 0.583. The van der Waals surface area contributed by atoms with Crippen LogP contribution in [0.4, 0.5) is 0 Å². The highest BCUT2D eigenvalue weighted by molar-refractivity contribution is 5.40. The Balaban J connectivity index is 4.46. The molecule has 0 aliphatic heterocycles. The third kappa shape index (κ3) is 2.94.